The Kier molecular flexibility index (Phi) is 6.07. The Balaban J connectivity index is 2.33. The number of rotatable bonds is 5. The minimum absolute atomic E-state index is 0.0682. The number of amides is 1. The predicted molar refractivity (Wildman–Crippen MR) is 70.3 cm³/mol. The summed E-state index contributed by atoms with van der Waals surface area (Å²) in [6.07, 6.45) is 7.24. The highest BCUT2D eigenvalue weighted by molar-refractivity contribution is 5.76. The summed E-state index contributed by atoms with van der Waals surface area (Å²) in [5.41, 5.74) is 5.93. The lowest BCUT2D eigenvalue weighted by molar-refractivity contribution is -0.123. The van der Waals surface area contributed by atoms with Gasteiger partial charge in [-0.25, -0.2) is 0 Å². The highest BCUT2D eigenvalue weighted by Crippen LogP contribution is 2.38. The Morgan fingerprint density at radius 3 is 2.65 bits per heavy atom. The van der Waals surface area contributed by atoms with Crippen LogP contribution in [-0.2, 0) is 4.79 Å². The summed E-state index contributed by atoms with van der Waals surface area (Å²) in [6, 6.07) is 0. The molecular weight excluding hydrogens is 212 g/mol. The molecule has 0 spiro atoms. The van der Waals surface area contributed by atoms with Crippen LogP contribution in [0.25, 0.3) is 0 Å². The number of carbonyl (C=O) groups excluding carboxylic acids is 1. The van der Waals surface area contributed by atoms with Crippen LogP contribution in [0.3, 0.4) is 0 Å². The van der Waals surface area contributed by atoms with E-state index in [1.54, 1.807) is 0 Å². The van der Waals surface area contributed by atoms with Crippen LogP contribution in [0.5, 0.6) is 0 Å². The molecular formula is C14H24N2O. The number of hydrogen-bond acceptors (Lipinski definition) is 2. The maximum atomic E-state index is 11.8. The van der Waals surface area contributed by atoms with Gasteiger partial charge in [-0.1, -0.05) is 19.3 Å². The Labute approximate surface area is 105 Å². The number of carbonyl (C=O) groups is 1. The highest BCUT2D eigenvalue weighted by atomic mass is 16.1. The minimum Gasteiger partial charge on any atom is -0.355 e. The van der Waals surface area contributed by atoms with Gasteiger partial charge in [0.2, 0.25) is 5.91 Å². The quantitative estimate of drug-likeness (QED) is 0.565. The van der Waals surface area contributed by atoms with Crippen LogP contribution >= 0.6 is 0 Å². The van der Waals surface area contributed by atoms with Crippen LogP contribution in [-0.4, -0.2) is 19.0 Å². The lowest BCUT2D eigenvalue weighted by Crippen LogP contribution is -2.38. The second-order valence-electron chi connectivity index (χ2n) is 4.97. The Bertz CT molecular complexity index is 295. The first-order chi connectivity index (χ1) is 8.22. The van der Waals surface area contributed by atoms with Gasteiger partial charge in [0.25, 0.3) is 0 Å². The second kappa shape index (κ2) is 7.34. The van der Waals surface area contributed by atoms with E-state index in [0.717, 1.165) is 19.3 Å². The van der Waals surface area contributed by atoms with Crippen LogP contribution in [0.15, 0.2) is 0 Å². The van der Waals surface area contributed by atoms with Crippen LogP contribution < -0.4 is 11.1 Å². The molecule has 3 heteroatoms. The zero-order valence-corrected chi connectivity index (χ0v) is 10.8. The van der Waals surface area contributed by atoms with Gasteiger partial charge in [-0.15, -0.1) is 11.8 Å². The normalized spacial score (nSPS) is 18.0. The SMILES string of the molecule is CC#CCCNC(=O)CC1(CN)CCCCC1. The molecule has 1 aliphatic rings. The average molecular weight is 236 g/mol. The van der Waals surface area contributed by atoms with Crippen molar-refractivity contribution in [3.63, 3.8) is 0 Å². The van der Waals surface area contributed by atoms with E-state index in [1.807, 2.05) is 6.92 Å². The molecule has 0 radical (unpaired) electrons. The Morgan fingerprint density at radius 2 is 2.06 bits per heavy atom. The fourth-order valence-electron chi connectivity index (χ4n) is 2.55. The zero-order valence-electron chi connectivity index (χ0n) is 10.8. The lowest BCUT2D eigenvalue weighted by atomic mass is 9.71. The van der Waals surface area contributed by atoms with Crippen molar-refractivity contribution in [1.82, 2.24) is 5.32 Å². The molecule has 0 aromatic rings. The van der Waals surface area contributed by atoms with Crippen molar-refractivity contribution in [2.45, 2.75) is 51.9 Å². The molecule has 0 heterocycles. The maximum absolute atomic E-state index is 11.8. The van der Waals surface area contributed by atoms with E-state index in [-0.39, 0.29) is 11.3 Å². The van der Waals surface area contributed by atoms with Gasteiger partial charge < -0.3 is 11.1 Å². The largest absolute Gasteiger partial charge is 0.355 e. The summed E-state index contributed by atoms with van der Waals surface area (Å²) in [4.78, 5) is 11.8. The van der Waals surface area contributed by atoms with E-state index in [0.29, 0.717) is 19.5 Å². The Hall–Kier alpha value is -1.01. The fourth-order valence-corrected chi connectivity index (χ4v) is 2.55. The first-order valence-electron chi connectivity index (χ1n) is 6.59. The first-order valence-corrected chi connectivity index (χ1v) is 6.59. The van der Waals surface area contributed by atoms with E-state index in [4.69, 9.17) is 5.73 Å². The van der Waals surface area contributed by atoms with Gasteiger partial charge in [0.15, 0.2) is 0 Å². The lowest BCUT2D eigenvalue weighted by Gasteiger charge is -2.35. The predicted octanol–water partition coefficient (Wildman–Crippen LogP) is 1.82. The van der Waals surface area contributed by atoms with Crippen molar-refractivity contribution in [2.24, 2.45) is 11.1 Å². The second-order valence-corrected chi connectivity index (χ2v) is 4.97. The van der Waals surface area contributed by atoms with Gasteiger partial charge in [0, 0.05) is 19.4 Å². The first kappa shape index (κ1) is 14.1. The van der Waals surface area contributed by atoms with Crippen LogP contribution in [0.2, 0.25) is 0 Å². The molecule has 0 aromatic carbocycles. The molecule has 0 saturated heterocycles. The monoisotopic (exact) mass is 236 g/mol. The summed E-state index contributed by atoms with van der Waals surface area (Å²) in [6.45, 7) is 3.10. The topological polar surface area (TPSA) is 55.1 Å². The summed E-state index contributed by atoms with van der Waals surface area (Å²) in [7, 11) is 0. The van der Waals surface area contributed by atoms with Gasteiger partial charge in [0.1, 0.15) is 0 Å². The number of nitrogens with one attached hydrogen (secondary N) is 1. The molecule has 0 aromatic heterocycles. The Morgan fingerprint density at radius 1 is 1.35 bits per heavy atom. The summed E-state index contributed by atoms with van der Waals surface area (Å²) in [5, 5.41) is 2.93. The third-order valence-corrected chi connectivity index (χ3v) is 3.63. The van der Waals surface area contributed by atoms with E-state index >= 15 is 0 Å². The summed E-state index contributed by atoms with van der Waals surface area (Å²) in [5.74, 6) is 5.90. The number of nitrogens with two attached hydrogens (primary N) is 1. The molecule has 3 N–H and O–H groups in total. The molecule has 1 saturated carbocycles. The van der Waals surface area contributed by atoms with Crippen molar-refractivity contribution in [1.29, 1.82) is 0 Å². The van der Waals surface area contributed by atoms with Crippen molar-refractivity contribution >= 4 is 5.91 Å². The molecule has 0 atom stereocenters. The summed E-state index contributed by atoms with van der Waals surface area (Å²) < 4.78 is 0. The fraction of sp³-hybridized carbons (Fsp3) is 0.786. The molecule has 1 aliphatic carbocycles. The molecule has 0 aliphatic heterocycles. The third kappa shape index (κ3) is 4.79. The standard InChI is InChI=1S/C14H24N2O/c1-2-3-7-10-16-13(17)11-14(12-15)8-5-4-6-9-14/h4-12,15H2,1H3,(H,16,17). The maximum Gasteiger partial charge on any atom is 0.220 e. The molecule has 17 heavy (non-hydrogen) atoms. The smallest absolute Gasteiger partial charge is 0.220 e. The van der Waals surface area contributed by atoms with Crippen LogP contribution in [0, 0.1) is 17.3 Å². The van der Waals surface area contributed by atoms with E-state index in [9.17, 15) is 4.79 Å². The molecule has 1 amide bonds. The van der Waals surface area contributed by atoms with E-state index in [2.05, 4.69) is 17.2 Å². The van der Waals surface area contributed by atoms with Gasteiger partial charge in [-0.05, 0) is 31.7 Å². The average Bonchev–Trinajstić information content (AvgIpc) is 2.36. The highest BCUT2D eigenvalue weighted by Gasteiger charge is 2.32. The van der Waals surface area contributed by atoms with Crippen molar-refractivity contribution < 1.29 is 4.79 Å². The molecule has 96 valence electrons. The van der Waals surface area contributed by atoms with E-state index in [1.165, 1.54) is 19.3 Å². The van der Waals surface area contributed by atoms with Crippen molar-refractivity contribution in [3.8, 4) is 11.8 Å². The van der Waals surface area contributed by atoms with Gasteiger partial charge >= 0.3 is 0 Å². The van der Waals surface area contributed by atoms with Crippen molar-refractivity contribution in [3.05, 3.63) is 0 Å². The van der Waals surface area contributed by atoms with Crippen molar-refractivity contribution in [2.75, 3.05) is 13.1 Å². The molecule has 0 unspecified atom stereocenters. The van der Waals surface area contributed by atoms with E-state index < -0.39 is 0 Å². The van der Waals surface area contributed by atoms with Gasteiger partial charge in [0.05, 0.1) is 0 Å². The van der Waals surface area contributed by atoms with Gasteiger partial charge in [-0.3, -0.25) is 4.79 Å². The summed E-state index contributed by atoms with van der Waals surface area (Å²) >= 11 is 0. The third-order valence-electron chi connectivity index (χ3n) is 3.63. The molecule has 3 nitrogen and oxygen atoms in total. The zero-order chi connectivity index (χ0) is 12.6. The number of hydrogen-bond donors (Lipinski definition) is 2. The minimum atomic E-state index is 0.0682. The molecule has 1 rings (SSSR count). The molecule has 1 fully saturated rings. The molecule has 0 bridgehead atoms. The van der Waals surface area contributed by atoms with Crippen LogP contribution in [0.1, 0.15) is 51.9 Å². The van der Waals surface area contributed by atoms with Gasteiger partial charge in [-0.2, -0.15) is 0 Å². The van der Waals surface area contributed by atoms with Crippen LogP contribution in [0.4, 0.5) is 0 Å².